The molecule has 1 aromatic carbocycles. The number of halogens is 1. The highest BCUT2D eigenvalue weighted by Crippen LogP contribution is 2.39. The highest BCUT2D eigenvalue weighted by atomic mass is 35.5. The molecule has 0 radical (unpaired) electrons. The number of hydrogen-bond donors (Lipinski definition) is 2. The molecule has 1 heterocycles. The molecule has 1 aliphatic heterocycles. The first kappa shape index (κ1) is 22.4. The number of amides is 1. The fourth-order valence-corrected chi connectivity index (χ4v) is 3.05. The summed E-state index contributed by atoms with van der Waals surface area (Å²) in [4.78, 5) is 12.7. The van der Waals surface area contributed by atoms with Crippen LogP contribution < -0.4 is 24.8 Å². The number of nitrogens with one attached hydrogen (secondary N) is 2. The number of carbonyl (C=O) groups excluding carboxylic acids is 1. The van der Waals surface area contributed by atoms with Crippen LogP contribution in [-0.2, 0) is 0 Å². The van der Waals surface area contributed by atoms with Gasteiger partial charge in [0.25, 0.3) is 5.91 Å². The van der Waals surface area contributed by atoms with Crippen molar-refractivity contribution in [3.05, 3.63) is 17.7 Å². The van der Waals surface area contributed by atoms with Crippen molar-refractivity contribution in [1.29, 1.82) is 0 Å². The molecule has 1 aromatic rings. The van der Waals surface area contributed by atoms with E-state index in [1.807, 2.05) is 20.8 Å². The fourth-order valence-electron chi connectivity index (χ4n) is 3.05. The van der Waals surface area contributed by atoms with Gasteiger partial charge in [0.05, 0.1) is 19.8 Å². The van der Waals surface area contributed by atoms with Crippen LogP contribution in [0.1, 0.15) is 50.9 Å². The largest absolute Gasteiger partial charge is 0.490 e. The Labute approximate surface area is 162 Å². The van der Waals surface area contributed by atoms with Crippen LogP contribution in [0.25, 0.3) is 0 Å². The molecular weight excluding hydrogens is 356 g/mol. The summed E-state index contributed by atoms with van der Waals surface area (Å²) >= 11 is 0. The van der Waals surface area contributed by atoms with Gasteiger partial charge in [0, 0.05) is 17.6 Å². The maximum absolute atomic E-state index is 12.7. The summed E-state index contributed by atoms with van der Waals surface area (Å²) in [5.74, 6) is 1.53. The molecule has 2 atom stereocenters. The van der Waals surface area contributed by atoms with Gasteiger partial charge >= 0.3 is 0 Å². The molecule has 6 nitrogen and oxygen atoms in total. The third-order valence-corrected chi connectivity index (χ3v) is 4.13. The summed E-state index contributed by atoms with van der Waals surface area (Å²) in [6, 6.07) is 4.06. The van der Waals surface area contributed by atoms with E-state index in [0.29, 0.717) is 48.7 Å². The molecular formula is C19H31ClN2O4. The van der Waals surface area contributed by atoms with Crippen LogP contribution in [0.2, 0.25) is 0 Å². The molecule has 2 unspecified atom stereocenters. The van der Waals surface area contributed by atoms with Gasteiger partial charge in [0.1, 0.15) is 0 Å². The monoisotopic (exact) mass is 386 g/mol. The molecule has 7 heteroatoms. The summed E-state index contributed by atoms with van der Waals surface area (Å²) < 4.78 is 17.0. The number of benzene rings is 1. The summed E-state index contributed by atoms with van der Waals surface area (Å²) in [6.07, 6.45) is 1.86. The van der Waals surface area contributed by atoms with Crippen molar-refractivity contribution in [1.82, 2.24) is 10.6 Å². The second-order valence-electron chi connectivity index (χ2n) is 6.15. The van der Waals surface area contributed by atoms with E-state index in [-0.39, 0.29) is 24.4 Å². The van der Waals surface area contributed by atoms with Crippen LogP contribution in [-0.4, -0.2) is 44.4 Å². The fraction of sp³-hybridized carbons (Fsp3) is 0.632. The van der Waals surface area contributed by atoms with Crippen molar-refractivity contribution >= 4 is 18.3 Å². The molecule has 1 fully saturated rings. The van der Waals surface area contributed by atoms with Crippen molar-refractivity contribution in [3.8, 4) is 17.2 Å². The van der Waals surface area contributed by atoms with Crippen molar-refractivity contribution in [2.75, 3.05) is 26.4 Å². The molecule has 0 aliphatic carbocycles. The Hall–Kier alpha value is -1.66. The minimum atomic E-state index is -0.107. The predicted octanol–water partition coefficient (Wildman–Crippen LogP) is 3.17. The highest BCUT2D eigenvalue weighted by Gasteiger charge is 2.23. The van der Waals surface area contributed by atoms with Crippen molar-refractivity contribution in [2.45, 2.75) is 52.6 Å². The topological polar surface area (TPSA) is 68.8 Å². The summed E-state index contributed by atoms with van der Waals surface area (Å²) in [6.45, 7) is 10.2. The quantitative estimate of drug-likeness (QED) is 0.718. The van der Waals surface area contributed by atoms with Gasteiger partial charge in [-0.2, -0.15) is 0 Å². The molecule has 1 amide bonds. The second-order valence-corrected chi connectivity index (χ2v) is 6.15. The standard InChI is InChI=1S/C19H30N2O4.ClH/c1-5-23-16-11-14(12-17(24-6-2)18(16)25-7-3)19(22)21-15-8-9-20-13(4)10-15;/h11-13,15,20H,5-10H2,1-4H3,(H,21,22);1H. The van der Waals surface area contributed by atoms with Crippen molar-refractivity contribution < 1.29 is 19.0 Å². The molecule has 2 N–H and O–H groups in total. The first-order valence-corrected chi connectivity index (χ1v) is 9.19. The van der Waals surface area contributed by atoms with Gasteiger partial charge in [-0.05, 0) is 59.2 Å². The Balaban J connectivity index is 0.00000338. The van der Waals surface area contributed by atoms with E-state index in [1.165, 1.54) is 0 Å². The van der Waals surface area contributed by atoms with Crippen LogP contribution in [0.4, 0.5) is 0 Å². The number of carbonyl (C=O) groups is 1. The van der Waals surface area contributed by atoms with Gasteiger partial charge in [-0.1, -0.05) is 0 Å². The van der Waals surface area contributed by atoms with Gasteiger partial charge in [-0.15, -0.1) is 12.4 Å². The molecule has 0 bridgehead atoms. The lowest BCUT2D eigenvalue weighted by molar-refractivity contribution is 0.0924. The Morgan fingerprint density at radius 3 is 2.19 bits per heavy atom. The van der Waals surface area contributed by atoms with E-state index in [2.05, 4.69) is 17.6 Å². The minimum absolute atomic E-state index is 0. The average Bonchev–Trinajstić information content (AvgIpc) is 2.58. The molecule has 0 spiro atoms. The van der Waals surface area contributed by atoms with Crippen LogP contribution >= 0.6 is 12.4 Å². The van der Waals surface area contributed by atoms with E-state index in [1.54, 1.807) is 12.1 Å². The van der Waals surface area contributed by atoms with Gasteiger partial charge < -0.3 is 24.8 Å². The first-order valence-electron chi connectivity index (χ1n) is 9.19. The zero-order chi connectivity index (χ0) is 18.2. The number of ether oxygens (including phenoxy) is 3. The average molecular weight is 387 g/mol. The van der Waals surface area contributed by atoms with Crippen LogP contribution in [0, 0.1) is 0 Å². The van der Waals surface area contributed by atoms with E-state index in [0.717, 1.165) is 19.4 Å². The van der Waals surface area contributed by atoms with Gasteiger partial charge in [-0.3, -0.25) is 4.79 Å². The lowest BCUT2D eigenvalue weighted by atomic mass is 10.00. The zero-order valence-electron chi connectivity index (χ0n) is 16.1. The molecule has 0 aromatic heterocycles. The van der Waals surface area contributed by atoms with E-state index >= 15 is 0 Å². The molecule has 148 valence electrons. The number of rotatable bonds is 8. The van der Waals surface area contributed by atoms with Crippen LogP contribution in [0.5, 0.6) is 17.2 Å². The maximum Gasteiger partial charge on any atom is 0.251 e. The van der Waals surface area contributed by atoms with E-state index in [9.17, 15) is 4.79 Å². The zero-order valence-corrected chi connectivity index (χ0v) is 16.9. The smallest absolute Gasteiger partial charge is 0.251 e. The SMILES string of the molecule is CCOc1cc(C(=O)NC2CCNC(C)C2)cc(OCC)c1OCC.Cl. The lowest BCUT2D eigenvalue weighted by Gasteiger charge is -2.28. The van der Waals surface area contributed by atoms with Crippen LogP contribution in [0.3, 0.4) is 0 Å². The van der Waals surface area contributed by atoms with E-state index < -0.39 is 0 Å². The minimum Gasteiger partial charge on any atom is -0.490 e. The summed E-state index contributed by atoms with van der Waals surface area (Å²) in [7, 11) is 0. The Bertz CT molecular complexity index is 556. The van der Waals surface area contributed by atoms with Gasteiger partial charge in [0.15, 0.2) is 11.5 Å². The van der Waals surface area contributed by atoms with Crippen molar-refractivity contribution in [2.24, 2.45) is 0 Å². The molecule has 1 aliphatic rings. The van der Waals surface area contributed by atoms with Crippen LogP contribution in [0.15, 0.2) is 12.1 Å². The Kier molecular flexibility index (Phi) is 9.59. The third-order valence-electron chi connectivity index (χ3n) is 4.13. The number of hydrogen-bond acceptors (Lipinski definition) is 5. The lowest BCUT2D eigenvalue weighted by Crippen LogP contribution is -2.46. The summed E-state index contributed by atoms with van der Waals surface area (Å²) in [5.41, 5.74) is 0.529. The Morgan fingerprint density at radius 1 is 1.12 bits per heavy atom. The maximum atomic E-state index is 12.7. The van der Waals surface area contributed by atoms with Gasteiger partial charge in [-0.25, -0.2) is 0 Å². The molecule has 26 heavy (non-hydrogen) atoms. The normalized spacial score (nSPS) is 19.2. The molecule has 0 saturated carbocycles. The van der Waals surface area contributed by atoms with E-state index in [4.69, 9.17) is 14.2 Å². The molecule has 2 rings (SSSR count). The highest BCUT2D eigenvalue weighted by molar-refractivity contribution is 5.95. The second kappa shape index (κ2) is 11.1. The first-order chi connectivity index (χ1) is 12.1. The Morgan fingerprint density at radius 2 is 1.69 bits per heavy atom. The van der Waals surface area contributed by atoms with Gasteiger partial charge in [0.2, 0.25) is 5.75 Å². The number of piperidine rings is 1. The third kappa shape index (κ3) is 5.95. The van der Waals surface area contributed by atoms with Crippen molar-refractivity contribution in [3.63, 3.8) is 0 Å². The molecule has 1 saturated heterocycles. The summed E-state index contributed by atoms with van der Waals surface area (Å²) in [5, 5.41) is 6.52. The predicted molar refractivity (Wildman–Crippen MR) is 105 cm³/mol.